The van der Waals surface area contributed by atoms with E-state index < -0.39 is 16.7 Å². The van der Waals surface area contributed by atoms with Crippen LogP contribution in [0.3, 0.4) is 0 Å². The molecule has 28 heavy (non-hydrogen) atoms. The molecule has 2 aromatic carbocycles. The molecule has 0 aromatic heterocycles. The van der Waals surface area contributed by atoms with Gasteiger partial charge in [-0.1, -0.05) is 42.5 Å². The largest absolute Gasteiger partial charge is 0.298 e. The summed E-state index contributed by atoms with van der Waals surface area (Å²) in [7, 11) is 0. The van der Waals surface area contributed by atoms with Crippen LogP contribution in [0.15, 0.2) is 66.8 Å². The third kappa shape index (κ3) is 3.58. The van der Waals surface area contributed by atoms with Gasteiger partial charge in [-0.05, 0) is 35.5 Å². The molecular formula is C20H15N3O4S. The lowest BCUT2D eigenvalue weighted by molar-refractivity contribution is -0.384. The van der Waals surface area contributed by atoms with Gasteiger partial charge in [0.15, 0.2) is 5.11 Å². The summed E-state index contributed by atoms with van der Waals surface area (Å²) in [6, 6.07) is 13.1. The zero-order chi connectivity index (χ0) is 20.3. The normalized spacial score (nSPS) is 15.5. The first-order chi connectivity index (χ1) is 13.4. The number of rotatable bonds is 5. The van der Waals surface area contributed by atoms with Crippen molar-refractivity contribution in [2.24, 2.45) is 0 Å². The SMILES string of the molecule is C=CCN1C(=O)C(=Cc2ccccc2-c2ccccc2[N+](=O)[O-])C(=O)NC1=S. The van der Waals surface area contributed by atoms with Crippen LogP contribution < -0.4 is 5.32 Å². The highest BCUT2D eigenvalue weighted by atomic mass is 32.1. The Hall–Kier alpha value is -3.65. The lowest BCUT2D eigenvalue weighted by Crippen LogP contribution is -2.53. The van der Waals surface area contributed by atoms with Crippen molar-refractivity contribution >= 4 is 40.9 Å². The molecule has 1 saturated heterocycles. The molecular weight excluding hydrogens is 378 g/mol. The Kier molecular flexibility index (Phi) is 5.42. The van der Waals surface area contributed by atoms with E-state index in [9.17, 15) is 19.7 Å². The van der Waals surface area contributed by atoms with Gasteiger partial charge in [0.05, 0.1) is 10.5 Å². The van der Waals surface area contributed by atoms with Gasteiger partial charge in [0, 0.05) is 12.6 Å². The van der Waals surface area contributed by atoms with Gasteiger partial charge in [0.2, 0.25) is 0 Å². The molecule has 8 heteroatoms. The van der Waals surface area contributed by atoms with Crippen molar-refractivity contribution in [3.63, 3.8) is 0 Å². The Morgan fingerprint density at radius 2 is 1.75 bits per heavy atom. The summed E-state index contributed by atoms with van der Waals surface area (Å²) in [6.07, 6.45) is 2.92. The summed E-state index contributed by atoms with van der Waals surface area (Å²) < 4.78 is 0. The van der Waals surface area contributed by atoms with Crippen molar-refractivity contribution in [1.82, 2.24) is 10.2 Å². The molecule has 1 heterocycles. The molecule has 0 atom stereocenters. The number of carbonyl (C=O) groups excluding carboxylic acids is 2. The van der Waals surface area contributed by atoms with Crippen LogP contribution >= 0.6 is 12.2 Å². The lowest BCUT2D eigenvalue weighted by atomic mass is 9.96. The maximum atomic E-state index is 12.7. The zero-order valence-corrected chi connectivity index (χ0v) is 15.4. The molecule has 3 rings (SSSR count). The van der Waals surface area contributed by atoms with E-state index in [1.54, 1.807) is 42.5 Å². The molecule has 1 N–H and O–H groups in total. The number of nitro benzene ring substituents is 1. The number of benzene rings is 2. The quantitative estimate of drug-likeness (QED) is 0.210. The van der Waals surface area contributed by atoms with Crippen molar-refractivity contribution in [2.45, 2.75) is 0 Å². The Labute approximate surface area is 166 Å². The highest BCUT2D eigenvalue weighted by Crippen LogP contribution is 2.33. The number of hydrogen-bond donors (Lipinski definition) is 1. The molecule has 1 aliphatic rings. The van der Waals surface area contributed by atoms with E-state index >= 15 is 0 Å². The fourth-order valence-electron chi connectivity index (χ4n) is 2.87. The van der Waals surface area contributed by atoms with Crippen LogP contribution in [0.1, 0.15) is 5.56 Å². The van der Waals surface area contributed by atoms with Crippen LogP contribution in [0.25, 0.3) is 17.2 Å². The first kappa shape index (κ1) is 19.1. The minimum Gasteiger partial charge on any atom is -0.298 e. The van der Waals surface area contributed by atoms with E-state index in [1.165, 1.54) is 23.1 Å². The highest BCUT2D eigenvalue weighted by Gasteiger charge is 2.32. The van der Waals surface area contributed by atoms with E-state index in [1.807, 2.05) is 0 Å². The monoisotopic (exact) mass is 393 g/mol. The number of carbonyl (C=O) groups is 2. The van der Waals surface area contributed by atoms with Gasteiger partial charge in [-0.2, -0.15) is 0 Å². The first-order valence-corrected chi connectivity index (χ1v) is 8.67. The third-order valence-corrected chi connectivity index (χ3v) is 4.47. The second kappa shape index (κ2) is 7.93. The molecule has 2 amide bonds. The van der Waals surface area contributed by atoms with Crippen LogP contribution in [-0.4, -0.2) is 33.3 Å². The summed E-state index contributed by atoms with van der Waals surface area (Å²) in [6.45, 7) is 3.74. The van der Waals surface area contributed by atoms with Crippen molar-refractivity contribution in [3.8, 4) is 11.1 Å². The summed E-state index contributed by atoms with van der Waals surface area (Å²) in [5, 5.41) is 13.9. The van der Waals surface area contributed by atoms with E-state index in [4.69, 9.17) is 12.2 Å². The molecule has 0 spiro atoms. The standard InChI is InChI=1S/C20H15N3O4S/c1-2-11-22-19(25)16(18(24)21-20(22)28)12-13-7-3-4-8-14(13)15-9-5-6-10-17(15)23(26)27/h2-10,12H,1,11H2,(H,21,24,28). The van der Waals surface area contributed by atoms with E-state index in [2.05, 4.69) is 11.9 Å². The van der Waals surface area contributed by atoms with E-state index in [0.29, 0.717) is 16.7 Å². The predicted molar refractivity (Wildman–Crippen MR) is 109 cm³/mol. The maximum Gasteiger partial charge on any atom is 0.277 e. The molecule has 0 bridgehead atoms. The second-order valence-corrected chi connectivity index (χ2v) is 6.27. The van der Waals surface area contributed by atoms with Gasteiger partial charge in [0.1, 0.15) is 5.57 Å². The van der Waals surface area contributed by atoms with Crippen LogP contribution in [0, 0.1) is 10.1 Å². The Bertz CT molecular complexity index is 1050. The summed E-state index contributed by atoms with van der Waals surface area (Å²) in [5.41, 5.74) is 1.25. The summed E-state index contributed by atoms with van der Waals surface area (Å²) in [4.78, 5) is 37.2. The predicted octanol–water partition coefficient (Wildman–Crippen LogP) is 3.07. The number of nitro groups is 1. The minimum atomic E-state index is -0.618. The number of nitrogens with one attached hydrogen (secondary N) is 1. The van der Waals surface area contributed by atoms with Gasteiger partial charge in [-0.15, -0.1) is 6.58 Å². The van der Waals surface area contributed by atoms with Gasteiger partial charge in [-0.3, -0.25) is 29.9 Å². The minimum absolute atomic E-state index is 0.0130. The molecule has 7 nitrogen and oxygen atoms in total. The van der Waals surface area contributed by atoms with Gasteiger partial charge in [0.25, 0.3) is 17.5 Å². The van der Waals surface area contributed by atoms with Crippen LogP contribution in [0.4, 0.5) is 5.69 Å². The average molecular weight is 393 g/mol. The fourth-order valence-corrected chi connectivity index (χ4v) is 3.12. The Morgan fingerprint density at radius 3 is 2.43 bits per heavy atom. The zero-order valence-electron chi connectivity index (χ0n) is 14.6. The number of hydrogen-bond acceptors (Lipinski definition) is 5. The molecule has 1 aliphatic heterocycles. The maximum absolute atomic E-state index is 12.7. The summed E-state index contributed by atoms with van der Waals surface area (Å²) in [5.74, 6) is -1.17. The molecule has 0 aliphatic carbocycles. The molecule has 140 valence electrons. The average Bonchev–Trinajstić information content (AvgIpc) is 2.68. The molecule has 0 radical (unpaired) electrons. The van der Waals surface area contributed by atoms with Crippen molar-refractivity contribution in [1.29, 1.82) is 0 Å². The molecule has 2 aromatic rings. The van der Waals surface area contributed by atoms with Gasteiger partial charge in [-0.25, -0.2) is 0 Å². The highest BCUT2D eigenvalue weighted by molar-refractivity contribution is 7.80. The van der Waals surface area contributed by atoms with E-state index in [0.717, 1.165) is 0 Å². The van der Waals surface area contributed by atoms with Crippen LogP contribution in [0.5, 0.6) is 0 Å². The van der Waals surface area contributed by atoms with Crippen LogP contribution in [0.2, 0.25) is 0 Å². The molecule has 1 fully saturated rings. The number of nitrogens with zero attached hydrogens (tertiary/aromatic N) is 2. The van der Waals surface area contributed by atoms with Crippen molar-refractivity contribution in [3.05, 3.63) is 82.4 Å². The van der Waals surface area contributed by atoms with E-state index in [-0.39, 0.29) is 22.9 Å². The van der Waals surface area contributed by atoms with Crippen molar-refractivity contribution in [2.75, 3.05) is 6.54 Å². The smallest absolute Gasteiger partial charge is 0.277 e. The fraction of sp³-hybridized carbons (Fsp3) is 0.0500. The van der Waals surface area contributed by atoms with Gasteiger partial charge < -0.3 is 0 Å². The lowest BCUT2D eigenvalue weighted by Gasteiger charge is -2.27. The third-order valence-electron chi connectivity index (χ3n) is 4.15. The Morgan fingerprint density at radius 1 is 1.11 bits per heavy atom. The number of para-hydroxylation sites is 1. The molecule has 0 saturated carbocycles. The van der Waals surface area contributed by atoms with Gasteiger partial charge >= 0.3 is 0 Å². The second-order valence-electron chi connectivity index (χ2n) is 5.88. The topological polar surface area (TPSA) is 92.6 Å². The summed E-state index contributed by atoms with van der Waals surface area (Å²) >= 11 is 5.04. The first-order valence-electron chi connectivity index (χ1n) is 8.26. The van der Waals surface area contributed by atoms with Crippen molar-refractivity contribution < 1.29 is 14.5 Å². The Balaban J connectivity index is 2.13. The number of amides is 2. The molecule has 0 unspecified atom stereocenters. The van der Waals surface area contributed by atoms with Crippen LogP contribution in [-0.2, 0) is 9.59 Å². The number of thiocarbonyl (C=S) groups is 1.